The molecule has 5 nitrogen and oxygen atoms in total. The molecule has 0 radical (unpaired) electrons. The van der Waals surface area contributed by atoms with Crippen molar-refractivity contribution in [3.05, 3.63) is 66.2 Å². The molecular formula is C22H22N2O3S. The fourth-order valence-electron chi connectivity index (χ4n) is 2.75. The average molecular weight is 394 g/mol. The van der Waals surface area contributed by atoms with Crippen LogP contribution in [0.1, 0.15) is 30.1 Å². The first-order chi connectivity index (χ1) is 13.6. The van der Waals surface area contributed by atoms with Crippen molar-refractivity contribution in [2.75, 3.05) is 11.9 Å². The predicted octanol–water partition coefficient (Wildman–Crippen LogP) is 4.85. The largest absolute Gasteiger partial charge is 0.508 e. The monoisotopic (exact) mass is 394 g/mol. The third-order valence-electron chi connectivity index (χ3n) is 4.22. The molecule has 0 atom stereocenters. The molecule has 28 heavy (non-hydrogen) atoms. The Morgan fingerprint density at radius 2 is 1.89 bits per heavy atom. The molecule has 0 bridgehead atoms. The Kier molecular flexibility index (Phi) is 6.45. The fourth-order valence-corrected chi connectivity index (χ4v) is 2.95. The van der Waals surface area contributed by atoms with E-state index in [1.807, 2.05) is 18.2 Å². The maximum atomic E-state index is 12.4. The molecule has 0 aliphatic carbocycles. The molecule has 0 spiro atoms. The zero-order valence-electron chi connectivity index (χ0n) is 15.6. The number of phenols is 1. The van der Waals surface area contributed by atoms with Gasteiger partial charge in [-0.25, -0.2) is 0 Å². The van der Waals surface area contributed by atoms with Crippen molar-refractivity contribution < 1.29 is 14.6 Å². The fraction of sp³-hybridized carbons (Fsp3) is 0.182. The van der Waals surface area contributed by atoms with Gasteiger partial charge in [-0.3, -0.25) is 10.1 Å². The number of carbonyl (C=O) groups is 1. The molecular weight excluding hydrogens is 372 g/mol. The topological polar surface area (TPSA) is 70.6 Å². The first-order valence-corrected chi connectivity index (χ1v) is 9.54. The average Bonchev–Trinajstić information content (AvgIpc) is 2.68. The number of rotatable bonds is 6. The van der Waals surface area contributed by atoms with Gasteiger partial charge in [0.1, 0.15) is 11.5 Å². The molecule has 0 saturated heterocycles. The maximum absolute atomic E-state index is 12.4. The number of aromatic hydroxyl groups is 1. The first-order valence-electron chi connectivity index (χ1n) is 9.14. The summed E-state index contributed by atoms with van der Waals surface area (Å²) in [6, 6.07) is 17.7. The number of hydrogen-bond acceptors (Lipinski definition) is 4. The van der Waals surface area contributed by atoms with Crippen LogP contribution in [-0.4, -0.2) is 22.7 Å². The van der Waals surface area contributed by atoms with Gasteiger partial charge < -0.3 is 15.2 Å². The minimum Gasteiger partial charge on any atom is -0.508 e. The second-order valence-corrected chi connectivity index (χ2v) is 6.75. The number of nitrogens with one attached hydrogen (secondary N) is 2. The Balaban J connectivity index is 1.62. The van der Waals surface area contributed by atoms with E-state index in [1.54, 1.807) is 42.5 Å². The molecule has 0 unspecified atom stereocenters. The van der Waals surface area contributed by atoms with Crippen LogP contribution in [0.3, 0.4) is 0 Å². The molecule has 1 amide bonds. The van der Waals surface area contributed by atoms with Crippen molar-refractivity contribution in [3.63, 3.8) is 0 Å². The van der Waals surface area contributed by atoms with Crippen LogP contribution in [0.4, 0.5) is 5.69 Å². The van der Waals surface area contributed by atoms with E-state index in [4.69, 9.17) is 17.0 Å². The number of amides is 1. The van der Waals surface area contributed by atoms with Crippen LogP contribution in [0, 0.1) is 0 Å². The van der Waals surface area contributed by atoms with Crippen molar-refractivity contribution in [1.82, 2.24) is 5.32 Å². The highest BCUT2D eigenvalue weighted by Gasteiger charge is 2.10. The van der Waals surface area contributed by atoms with Crippen LogP contribution in [-0.2, 0) is 0 Å². The number of phenolic OH excluding ortho intramolecular Hbond substituents is 1. The van der Waals surface area contributed by atoms with Crippen LogP contribution in [0.25, 0.3) is 10.8 Å². The lowest BCUT2D eigenvalue weighted by atomic mass is 10.1. The normalized spacial score (nSPS) is 10.5. The van der Waals surface area contributed by atoms with Crippen LogP contribution >= 0.6 is 12.2 Å². The molecule has 0 aliphatic rings. The van der Waals surface area contributed by atoms with Gasteiger partial charge in [0.2, 0.25) is 0 Å². The lowest BCUT2D eigenvalue weighted by Gasteiger charge is -2.12. The first kappa shape index (κ1) is 19.6. The summed E-state index contributed by atoms with van der Waals surface area (Å²) >= 11 is 5.28. The highest BCUT2D eigenvalue weighted by molar-refractivity contribution is 7.80. The van der Waals surface area contributed by atoms with Gasteiger partial charge in [0, 0.05) is 16.6 Å². The Bertz CT molecular complexity index is 987. The SMILES string of the molecule is CCCCOc1ccc(C(=O)NC(=S)Nc2cccc3cc(O)ccc23)cc1. The molecule has 0 aliphatic heterocycles. The molecule has 3 rings (SSSR count). The van der Waals surface area contributed by atoms with E-state index >= 15 is 0 Å². The molecule has 144 valence electrons. The summed E-state index contributed by atoms with van der Waals surface area (Å²) in [5.41, 5.74) is 1.25. The van der Waals surface area contributed by atoms with Crippen LogP contribution in [0.2, 0.25) is 0 Å². The number of fused-ring (bicyclic) bond motifs is 1. The summed E-state index contributed by atoms with van der Waals surface area (Å²) in [6.07, 6.45) is 2.07. The smallest absolute Gasteiger partial charge is 0.257 e. The van der Waals surface area contributed by atoms with E-state index in [-0.39, 0.29) is 16.8 Å². The zero-order chi connectivity index (χ0) is 19.9. The van der Waals surface area contributed by atoms with Crippen molar-refractivity contribution in [1.29, 1.82) is 0 Å². The molecule has 3 aromatic carbocycles. The Labute approximate surface area is 169 Å². The van der Waals surface area contributed by atoms with E-state index in [9.17, 15) is 9.90 Å². The van der Waals surface area contributed by atoms with E-state index in [0.29, 0.717) is 12.2 Å². The summed E-state index contributed by atoms with van der Waals surface area (Å²) in [5.74, 6) is 0.642. The number of unbranched alkanes of at least 4 members (excludes halogenated alkanes) is 1. The highest BCUT2D eigenvalue weighted by Crippen LogP contribution is 2.26. The summed E-state index contributed by atoms with van der Waals surface area (Å²) in [5, 5.41) is 17.3. The third-order valence-corrected chi connectivity index (χ3v) is 4.43. The van der Waals surface area contributed by atoms with E-state index in [1.165, 1.54) is 0 Å². The van der Waals surface area contributed by atoms with Crippen LogP contribution in [0.15, 0.2) is 60.7 Å². The van der Waals surface area contributed by atoms with Gasteiger partial charge in [-0.1, -0.05) is 25.5 Å². The molecule has 0 fully saturated rings. The molecule has 0 heterocycles. The number of hydrogen-bond donors (Lipinski definition) is 3. The molecule has 0 aromatic heterocycles. The summed E-state index contributed by atoms with van der Waals surface area (Å²) in [6.45, 7) is 2.77. The maximum Gasteiger partial charge on any atom is 0.257 e. The Hall–Kier alpha value is -3.12. The van der Waals surface area contributed by atoms with Crippen molar-refractivity contribution in [2.45, 2.75) is 19.8 Å². The van der Waals surface area contributed by atoms with Gasteiger partial charge in [-0.05, 0) is 72.6 Å². The van der Waals surface area contributed by atoms with Crippen molar-refractivity contribution >= 4 is 39.7 Å². The number of anilines is 1. The van der Waals surface area contributed by atoms with Gasteiger partial charge >= 0.3 is 0 Å². The molecule has 3 aromatic rings. The zero-order valence-corrected chi connectivity index (χ0v) is 16.4. The lowest BCUT2D eigenvalue weighted by molar-refractivity contribution is 0.0977. The summed E-state index contributed by atoms with van der Waals surface area (Å²) in [7, 11) is 0. The van der Waals surface area contributed by atoms with Gasteiger partial charge in [-0.2, -0.15) is 0 Å². The quantitative estimate of drug-likeness (QED) is 0.412. The standard InChI is InChI=1S/C22H22N2O3S/c1-2-3-13-27-18-10-7-15(8-11-18)21(26)24-22(28)23-20-6-4-5-16-14-17(25)9-12-19(16)20/h4-12,14,25H,2-3,13H2,1H3,(H2,23,24,26,28). The van der Waals surface area contributed by atoms with Gasteiger partial charge in [0.15, 0.2) is 5.11 Å². The molecule has 3 N–H and O–H groups in total. The van der Waals surface area contributed by atoms with Gasteiger partial charge in [-0.15, -0.1) is 0 Å². The van der Waals surface area contributed by atoms with Gasteiger partial charge in [0.05, 0.1) is 6.61 Å². The predicted molar refractivity (Wildman–Crippen MR) is 116 cm³/mol. The van der Waals surface area contributed by atoms with Crippen molar-refractivity contribution in [3.8, 4) is 11.5 Å². The molecule has 6 heteroatoms. The molecule has 0 saturated carbocycles. The van der Waals surface area contributed by atoms with Crippen LogP contribution in [0.5, 0.6) is 11.5 Å². The number of benzene rings is 3. The third kappa shape index (κ3) is 4.98. The Morgan fingerprint density at radius 3 is 2.64 bits per heavy atom. The van der Waals surface area contributed by atoms with E-state index in [0.717, 1.165) is 35.1 Å². The van der Waals surface area contributed by atoms with E-state index in [2.05, 4.69) is 17.6 Å². The summed E-state index contributed by atoms with van der Waals surface area (Å²) < 4.78 is 5.60. The van der Waals surface area contributed by atoms with Crippen LogP contribution < -0.4 is 15.4 Å². The number of carbonyl (C=O) groups excluding carboxylic acids is 1. The van der Waals surface area contributed by atoms with Crippen molar-refractivity contribution in [2.24, 2.45) is 0 Å². The second-order valence-electron chi connectivity index (χ2n) is 6.35. The minimum absolute atomic E-state index is 0.197. The summed E-state index contributed by atoms with van der Waals surface area (Å²) in [4.78, 5) is 12.4. The van der Waals surface area contributed by atoms with Gasteiger partial charge in [0.25, 0.3) is 5.91 Å². The number of ether oxygens (including phenoxy) is 1. The van der Waals surface area contributed by atoms with E-state index < -0.39 is 0 Å². The highest BCUT2D eigenvalue weighted by atomic mass is 32.1. The lowest BCUT2D eigenvalue weighted by Crippen LogP contribution is -2.34. The Morgan fingerprint density at radius 1 is 1.11 bits per heavy atom. The minimum atomic E-state index is -0.296. The second kappa shape index (κ2) is 9.19. The number of thiocarbonyl (C=S) groups is 1.